The van der Waals surface area contributed by atoms with E-state index in [-0.39, 0.29) is 6.03 Å². The normalized spacial score (nSPS) is 17.1. The van der Waals surface area contributed by atoms with E-state index in [1.807, 2.05) is 13.0 Å². The van der Waals surface area contributed by atoms with E-state index in [0.717, 1.165) is 16.6 Å². The van der Waals surface area contributed by atoms with Gasteiger partial charge in [-0.2, -0.15) is 0 Å². The van der Waals surface area contributed by atoms with Gasteiger partial charge in [0.1, 0.15) is 0 Å². The Kier molecular flexibility index (Phi) is 6.57. The molecule has 0 aliphatic carbocycles. The van der Waals surface area contributed by atoms with Crippen LogP contribution in [-0.2, 0) is 4.74 Å². The minimum atomic E-state index is -0.724. The van der Waals surface area contributed by atoms with Crippen LogP contribution in [0.5, 0.6) is 0 Å². The predicted molar refractivity (Wildman–Crippen MR) is 107 cm³/mol. The monoisotopic (exact) mass is 450 g/mol. The second-order valence-electron chi connectivity index (χ2n) is 5.85. The molecule has 0 bridgehead atoms. The molecule has 3 rings (SSSR count). The molecule has 0 spiro atoms. The van der Waals surface area contributed by atoms with Gasteiger partial charge in [0.2, 0.25) is 6.23 Å². The van der Waals surface area contributed by atoms with Gasteiger partial charge in [-0.15, -0.1) is 0 Å². The molecule has 1 aliphatic heterocycles. The molecule has 2 aromatic rings. The number of unbranched alkanes of at least 4 members (excludes halogenated alkanes) is 1. The molecule has 2 aromatic heterocycles. The Morgan fingerprint density at radius 3 is 2.89 bits per heavy atom. The first-order chi connectivity index (χ1) is 13.1. The van der Waals surface area contributed by atoms with Crippen molar-refractivity contribution in [2.75, 3.05) is 18.0 Å². The number of aromatic nitrogens is 2. The van der Waals surface area contributed by atoms with Gasteiger partial charge < -0.3 is 9.64 Å². The molecule has 142 valence electrons. The zero-order valence-electron chi connectivity index (χ0n) is 14.7. The molecule has 1 atom stereocenters. The zero-order valence-corrected chi connectivity index (χ0v) is 17.1. The Morgan fingerprint density at radius 1 is 1.44 bits per heavy atom. The summed E-state index contributed by atoms with van der Waals surface area (Å²) in [5, 5.41) is 0.496. The average Bonchev–Trinajstić information content (AvgIpc) is 3.22. The number of pyridine rings is 1. The number of nitrogens with zero attached hydrogens (tertiary/aromatic N) is 4. The third-order valence-corrected chi connectivity index (χ3v) is 5.48. The van der Waals surface area contributed by atoms with E-state index in [0.29, 0.717) is 23.8 Å². The second-order valence-corrected chi connectivity index (χ2v) is 8.24. The van der Waals surface area contributed by atoms with Crippen molar-refractivity contribution in [3.8, 4) is 0 Å². The molecule has 27 heavy (non-hydrogen) atoms. The van der Waals surface area contributed by atoms with Crippen molar-refractivity contribution < 1.29 is 14.3 Å². The van der Waals surface area contributed by atoms with E-state index in [9.17, 15) is 9.59 Å². The number of urea groups is 1. The van der Waals surface area contributed by atoms with Crippen LogP contribution in [0, 0.1) is 0 Å². The number of esters is 1. The van der Waals surface area contributed by atoms with Crippen LogP contribution in [0.4, 0.5) is 9.93 Å². The highest BCUT2D eigenvalue weighted by Gasteiger charge is 2.42. The Labute approximate surface area is 169 Å². The first kappa shape index (κ1) is 19.5. The summed E-state index contributed by atoms with van der Waals surface area (Å²) in [6.45, 7) is 2.87. The number of ether oxygens (including phenoxy) is 1. The summed E-state index contributed by atoms with van der Waals surface area (Å²) in [7, 11) is 0. The summed E-state index contributed by atoms with van der Waals surface area (Å²) in [4.78, 5) is 36.6. The molecule has 0 N–H and O–H groups in total. The minimum Gasteiger partial charge on any atom is -0.435 e. The van der Waals surface area contributed by atoms with Gasteiger partial charge in [-0.05, 0) is 47.8 Å². The Bertz CT molecular complexity index is 827. The minimum absolute atomic E-state index is 0.204. The lowest BCUT2D eigenvalue weighted by Crippen LogP contribution is -2.37. The number of hydrogen-bond donors (Lipinski definition) is 0. The van der Waals surface area contributed by atoms with E-state index >= 15 is 0 Å². The van der Waals surface area contributed by atoms with E-state index < -0.39 is 12.2 Å². The SMILES string of the molecule is CC=CCCCN1CC(OC(=O)c2ccncc2)N(c2ncc(Br)s2)C1=O. The van der Waals surface area contributed by atoms with Crippen LogP contribution in [-0.4, -0.2) is 46.2 Å². The highest BCUT2D eigenvalue weighted by Crippen LogP contribution is 2.32. The maximum atomic E-state index is 12.9. The highest BCUT2D eigenvalue weighted by molar-refractivity contribution is 9.11. The van der Waals surface area contributed by atoms with Gasteiger partial charge in [0, 0.05) is 18.9 Å². The van der Waals surface area contributed by atoms with Gasteiger partial charge >= 0.3 is 12.0 Å². The van der Waals surface area contributed by atoms with Crippen molar-refractivity contribution in [3.63, 3.8) is 0 Å². The Morgan fingerprint density at radius 2 is 2.22 bits per heavy atom. The van der Waals surface area contributed by atoms with Gasteiger partial charge in [-0.1, -0.05) is 23.5 Å². The number of carbonyl (C=O) groups excluding carboxylic acids is 2. The van der Waals surface area contributed by atoms with Crippen molar-refractivity contribution in [1.82, 2.24) is 14.9 Å². The second kappa shape index (κ2) is 9.09. The summed E-state index contributed by atoms with van der Waals surface area (Å²) >= 11 is 4.68. The molecule has 9 heteroatoms. The average molecular weight is 451 g/mol. The topological polar surface area (TPSA) is 75.6 Å². The Balaban J connectivity index is 1.76. The molecule has 1 unspecified atom stereocenters. The number of amides is 2. The fraction of sp³-hybridized carbons (Fsp3) is 0.333. The number of carbonyl (C=O) groups is 2. The van der Waals surface area contributed by atoms with Crippen LogP contribution in [0.3, 0.4) is 0 Å². The lowest BCUT2D eigenvalue weighted by atomic mass is 10.3. The number of rotatable bonds is 7. The van der Waals surface area contributed by atoms with Crippen molar-refractivity contribution in [2.24, 2.45) is 0 Å². The van der Waals surface area contributed by atoms with E-state index in [2.05, 4.69) is 32.0 Å². The van der Waals surface area contributed by atoms with Crippen molar-refractivity contribution >= 4 is 44.4 Å². The lowest BCUT2D eigenvalue weighted by Gasteiger charge is -2.20. The van der Waals surface area contributed by atoms with Crippen LogP contribution in [0.1, 0.15) is 30.1 Å². The number of anilines is 1. The largest absolute Gasteiger partial charge is 0.435 e. The summed E-state index contributed by atoms with van der Waals surface area (Å²) in [6.07, 6.45) is 9.75. The third kappa shape index (κ3) is 4.72. The van der Waals surface area contributed by atoms with Crippen LogP contribution in [0.25, 0.3) is 0 Å². The number of halogens is 1. The fourth-order valence-electron chi connectivity index (χ4n) is 2.71. The number of allylic oxidation sites excluding steroid dienone is 2. The molecule has 1 fully saturated rings. The molecule has 0 aromatic carbocycles. The first-order valence-corrected chi connectivity index (χ1v) is 10.1. The fourth-order valence-corrected chi connectivity index (χ4v) is 3.93. The number of thiazole rings is 1. The number of hydrogen-bond acceptors (Lipinski definition) is 6. The molecule has 7 nitrogen and oxygen atoms in total. The molecule has 0 saturated carbocycles. The summed E-state index contributed by atoms with van der Waals surface area (Å²) < 4.78 is 6.44. The standard InChI is InChI=1S/C18H19BrN4O3S/c1-2-3-4-5-10-22-12-15(26-16(24)13-6-8-20-9-7-13)23(18(22)25)17-21-11-14(19)27-17/h2-3,6-9,11,15H,4-5,10,12H2,1H3. The van der Waals surface area contributed by atoms with Crippen LogP contribution < -0.4 is 4.90 Å². The van der Waals surface area contributed by atoms with Crippen molar-refractivity contribution in [2.45, 2.75) is 26.0 Å². The van der Waals surface area contributed by atoms with Crippen molar-refractivity contribution in [3.05, 3.63) is 52.2 Å². The molecule has 1 aliphatic rings. The molecule has 1 saturated heterocycles. The first-order valence-electron chi connectivity index (χ1n) is 8.51. The molecular weight excluding hydrogens is 432 g/mol. The van der Waals surface area contributed by atoms with E-state index in [1.54, 1.807) is 23.2 Å². The smallest absolute Gasteiger partial charge is 0.340 e. The molecular formula is C18H19BrN4O3S. The van der Waals surface area contributed by atoms with Crippen LogP contribution in [0.15, 0.2) is 46.7 Å². The summed E-state index contributed by atoms with van der Waals surface area (Å²) in [6, 6.07) is 2.96. The van der Waals surface area contributed by atoms with E-state index in [1.165, 1.54) is 28.6 Å². The van der Waals surface area contributed by atoms with E-state index in [4.69, 9.17) is 4.74 Å². The summed E-state index contributed by atoms with van der Waals surface area (Å²) in [5.41, 5.74) is 0.393. The van der Waals surface area contributed by atoms with Gasteiger partial charge in [0.05, 0.1) is 22.1 Å². The third-order valence-electron chi connectivity index (χ3n) is 4.01. The van der Waals surface area contributed by atoms with Gasteiger partial charge in [0.25, 0.3) is 0 Å². The van der Waals surface area contributed by atoms with Crippen LogP contribution in [0.2, 0.25) is 0 Å². The van der Waals surface area contributed by atoms with Crippen molar-refractivity contribution in [1.29, 1.82) is 0 Å². The quantitative estimate of drug-likeness (QED) is 0.360. The molecule has 3 heterocycles. The van der Waals surface area contributed by atoms with Gasteiger partial charge in [-0.25, -0.2) is 19.5 Å². The lowest BCUT2D eigenvalue weighted by molar-refractivity contribution is 0.0325. The van der Waals surface area contributed by atoms with Gasteiger partial charge in [0.15, 0.2) is 5.13 Å². The maximum absolute atomic E-state index is 12.9. The highest BCUT2D eigenvalue weighted by atomic mass is 79.9. The van der Waals surface area contributed by atoms with Gasteiger partial charge in [-0.3, -0.25) is 4.98 Å². The molecule has 2 amide bonds. The zero-order chi connectivity index (χ0) is 19.2. The molecule has 0 radical (unpaired) electrons. The maximum Gasteiger partial charge on any atom is 0.340 e. The summed E-state index contributed by atoms with van der Waals surface area (Å²) in [5.74, 6) is -0.494. The van der Waals surface area contributed by atoms with Crippen LogP contribution >= 0.6 is 27.3 Å². The predicted octanol–water partition coefficient (Wildman–Crippen LogP) is 4.08. The Hall–Kier alpha value is -2.26.